The average Bonchev–Trinajstić information content (AvgIpc) is 2.59. The lowest BCUT2D eigenvalue weighted by atomic mass is 10.1. The molecular formula is C10H18N4S. The third kappa shape index (κ3) is 2.68. The molecule has 0 bridgehead atoms. The standard InChI is InChI=1S/C10H18N4S/c1-5-14-8(3)9(6-12-14)7(2)13-10(15)11-4/h6-7H,5H2,1-4H3,(H2,11,13,15). The number of rotatable bonds is 3. The Balaban J connectivity index is 2.77. The van der Waals surface area contributed by atoms with Crippen LogP contribution in [0.1, 0.15) is 31.1 Å². The van der Waals surface area contributed by atoms with Gasteiger partial charge in [0.25, 0.3) is 0 Å². The highest BCUT2D eigenvalue weighted by atomic mass is 32.1. The molecule has 2 N–H and O–H groups in total. The smallest absolute Gasteiger partial charge is 0.166 e. The molecule has 84 valence electrons. The fourth-order valence-electron chi connectivity index (χ4n) is 1.55. The Hall–Kier alpha value is -1.10. The van der Waals surface area contributed by atoms with Crippen LogP contribution in [-0.4, -0.2) is 21.9 Å². The number of aromatic nitrogens is 2. The fourth-order valence-corrected chi connectivity index (χ4v) is 1.73. The molecule has 5 heteroatoms. The van der Waals surface area contributed by atoms with Gasteiger partial charge < -0.3 is 10.6 Å². The first-order valence-electron chi connectivity index (χ1n) is 5.10. The van der Waals surface area contributed by atoms with Gasteiger partial charge in [0.2, 0.25) is 0 Å². The monoisotopic (exact) mass is 226 g/mol. The number of aryl methyl sites for hydroxylation is 1. The molecule has 0 fully saturated rings. The molecule has 0 saturated heterocycles. The zero-order chi connectivity index (χ0) is 11.4. The van der Waals surface area contributed by atoms with Crippen molar-refractivity contribution in [2.75, 3.05) is 7.05 Å². The Morgan fingerprint density at radius 3 is 2.80 bits per heavy atom. The molecule has 0 radical (unpaired) electrons. The van der Waals surface area contributed by atoms with Crippen molar-refractivity contribution in [1.82, 2.24) is 20.4 Å². The third-order valence-corrected chi connectivity index (χ3v) is 2.80. The summed E-state index contributed by atoms with van der Waals surface area (Å²) in [7, 11) is 1.81. The number of nitrogens with zero attached hydrogens (tertiary/aromatic N) is 2. The van der Waals surface area contributed by atoms with E-state index in [0.717, 1.165) is 6.54 Å². The van der Waals surface area contributed by atoms with Crippen molar-refractivity contribution in [3.05, 3.63) is 17.5 Å². The van der Waals surface area contributed by atoms with Crippen LogP contribution in [0.4, 0.5) is 0 Å². The first-order valence-corrected chi connectivity index (χ1v) is 5.51. The van der Waals surface area contributed by atoms with E-state index in [1.165, 1.54) is 11.3 Å². The van der Waals surface area contributed by atoms with E-state index < -0.39 is 0 Å². The van der Waals surface area contributed by atoms with Gasteiger partial charge >= 0.3 is 0 Å². The van der Waals surface area contributed by atoms with E-state index in [1.807, 2.05) is 17.9 Å². The summed E-state index contributed by atoms with van der Waals surface area (Å²) in [6.07, 6.45) is 1.90. The van der Waals surface area contributed by atoms with Gasteiger partial charge in [-0.15, -0.1) is 0 Å². The normalized spacial score (nSPS) is 12.3. The van der Waals surface area contributed by atoms with Crippen molar-refractivity contribution >= 4 is 17.3 Å². The Kier molecular flexibility index (Phi) is 4.08. The molecule has 0 saturated carbocycles. The van der Waals surface area contributed by atoms with E-state index in [0.29, 0.717) is 5.11 Å². The number of thiocarbonyl (C=S) groups is 1. The molecular weight excluding hydrogens is 208 g/mol. The minimum atomic E-state index is 0.185. The van der Waals surface area contributed by atoms with Crippen molar-refractivity contribution < 1.29 is 0 Å². The summed E-state index contributed by atoms with van der Waals surface area (Å²) in [5.41, 5.74) is 2.38. The highest BCUT2D eigenvalue weighted by molar-refractivity contribution is 7.80. The van der Waals surface area contributed by atoms with E-state index in [4.69, 9.17) is 12.2 Å². The molecule has 1 aromatic rings. The van der Waals surface area contributed by atoms with E-state index in [2.05, 4.69) is 36.5 Å². The van der Waals surface area contributed by atoms with Gasteiger partial charge in [-0.1, -0.05) is 0 Å². The molecule has 1 unspecified atom stereocenters. The van der Waals surface area contributed by atoms with Gasteiger partial charge in [0.05, 0.1) is 12.2 Å². The second-order valence-electron chi connectivity index (χ2n) is 3.45. The van der Waals surface area contributed by atoms with Gasteiger partial charge in [0, 0.05) is 24.8 Å². The van der Waals surface area contributed by atoms with E-state index >= 15 is 0 Å². The predicted octanol–water partition coefficient (Wildman–Crippen LogP) is 1.37. The van der Waals surface area contributed by atoms with Crippen molar-refractivity contribution in [1.29, 1.82) is 0 Å². The van der Waals surface area contributed by atoms with Crippen LogP contribution in [-0.2, 0) is 6.54 Å². The molecule has 4 nitrogen and oxygen atoms in total. The molecule has 0 aliphatic heterocycles. The zero-order valence-electron chi connectivity index (χ0n) is 9.66. The number of hydrogen-bond acceptors (Lipinski definition) is 2. The Morgan fingerprint density at radius 2 is 2.33 bits per heavy atom. The van der Waals surface area contributed by atoms with Crippen molar-refractivity contribution in [3.8, 4) is 0 Å². The lowest BCUT2D eigenvalue weighted by Gasteiger charge is -2.15. The SMILES string of the molecule is CCn1ncc(C(C)NC(=S)NC)c1C. The topological polar surface area (TPSA) is 41.9 Å². The van der Waals surface area contributed by atoms with Gasteiger partial charge in [-0.2, -0.15) is 5.10 Å². The van der Waals surface area contributed by atoms with Gasteiger partial charge in [-0.25, -0.2) is 0 Å². The summed E-state index contributed by atoms with van der Waals surface area (Å²) in [5, 5.41) is 11.0. The van der Waals surface area contributed by atoms with Crippen molar-refractivity contribution in [3.63, 3.8) is 0 Å². The van der Waals surface area contributed by atoms with Crippen molar-refractivity contribution in [2.24, 2.45) is 0 Å². The summed E-state index contributed by atoms with van der Waals surface area (Å²) >= 11 is 5.06. The maximum absolute atomic E-state index is 5.06. The second-order valence-corrected chi connectivity index (χ2v) is 3.85. The largest absolute Gasteiger partial charge is 0.366 e. The van der Waals surface area contributed by atoms with Crippen molar-refractivity contribution in [2.45, 2.75) is 33.4 Å². The van der Waals surface area contributed by atoms with Crippen LogP contribution in [0.25, 0.3) is 0 Å². The molecule has 1 atom stereocenters. The molecule has 0 aliphatic carbocycles. The van der Waals surface area contributed by atoms with Crippen LogP contribution in [0.3, 0.4) is 0 Å². The van der Waals surface area contributed by atoms with Crippen LogP contribution >= 0.6 is 12.2 Å². The minimum Gasteiger partial charge on any atom is -0.366 e. The molecule has 0 amide bonds. The first kappa shape index (κ1) is 12.0. The van der Waals surface area contributed by atoms with Crippen LogP contribution in [0.5, 0.6) is 0 Å². The lowest BCUT2D eigenvalue weighted by Crippen LogP contribution is -2.34. The van der Waals surface area contributed by atoms with Gasteiger partial charge in [0.1, 0.15) is 0 Å². The molecule has 1 rings (SSSR count). The number of hydrogen-bond donors (Lipinski definition) is 2. The molecule has 0 aromatic carbocycles. The van der Waals surface area contributed by atoms with E-state index in [1.54, 1.807) is 0 Å². The summed E-state index contributed by atoms with van der Waals surface area (Å²) in [6, 6.07) is 0.185. The second kappa shape index (κ2) is 5.11. The number of nitrogens with one attached hydrogen (secondary N) is 2. The summed E-state index contributed by atoms with van der Waals surface area (Å²) in [6.45, 7) is 7.13. The third-order valence-electron chi connectivity index (χ3n) is 2.48. The highest BCUT2D eigenvalue weighted by Crippen LogP contribution is 2.16. The van der Waals surface area contributed by atoms with Crippen LogP contribution in [0.2, 0.25) is 0 Å². The lowest BCUT2D eigenvalue weighted by molar-refractivity contribution is 0.632. The molecule has 1 heterocycles. The molecule has 0 spiro atoms. The maximum Gasteiger partial charge on any atom is 0.166 e. The van der Waals surface area contributed by atoms with Gasteiger partial charge in [-0.3, -0.25) is 4.68 Å². The minimum absolute atomic E-state index is 0.185. The summed E-state index contributed by atoms with van der Waals surface area (Å²) < 4.78 is 1.98. The Labute approximate surface area is 96.1 Å². The van der Waals surface area contributed by atoms with Crippen LogP contribution in [0, 0.1) is 6.92 Å². The Morgan fingerprint density at radius 1 is 1.67 bits per heavy atom. The predicted molar refractivity (Wildman–Crippen MR) is 65.8 cm³/mol. The first-order chi connectivity index (χ1) is 7.10. The maximum atomic E-state index is 5.06. The molecule has 0 aliphatic rings. The zero-order valence-corrected chi connectivity index (χ0v) is 10.5. The van der Waals surface area contributed by atoms with Crippen LogP contribution in [0.15, 0.2) is 6.20 Å². The molecule has 1 aromatic heterocycles. The fraction of sp³-hybridized carbons (Fsp3) is 0.600. The quantitative estimate of drug-likeness (QED) is 0.764. The Bertz CT molecular complexity index is 345. The summed E-state index contributed by atoms with van der Waals surface area (Å²) in [5.74, 6) is 0. The van der Waals surface area contributed by atoms with Crippen LogP contribution < -0.4 is 10.6 Å². The summed E-state index contributed by atoms with van der Waals surface area (Å²) in [4.78, 5) is 0. The highest BCUT2D eigenvalue weighted by Gasteiger charge is 2.12. The van der Waals surface area contributed by atoms with E-state index in [9.17, 15) is 0 Å². The van der Waals surface area contributed by atoms with Gasteiger partial charge in [-0.05, 0) is 33.0 Å². The average molecular weight is 226 g/mol. The van der Waals surface area contributed by atoms with Gasteiger partial charge in [0.15, 0.2) is 5.11 Å². The molecule has 15 heavy (non-hydrogen) atoms. The van der Waals surface area contributed by atoms with E-state index in [-0.39, 0.29) is 6.04 Å².